The Bertz CT molecular complexity index is 602. The van der Waals surface area contributed by atoms with Crippen LogP contribution < -0.4 is 4.94 Å². The van der Waals surface area contributed by atoms with Gasteiger partial charge in [-0.05, 0) is 18.2 Å². The smallest absolute Gasteiger partial charge is 0.394 e. The summed E-state index contributed by atoms with van der Waals surface area (Å²) in [7, 11) is 0. The molecule has 0 radical (unpaired) electrons. The van der Waals surface area contributed by atoms with E-state index in [1.165, 1.54) is 0 Å². The summed E-state index contributed by atoms with van der Waals surface area (Å²) < 4.78 is 58.0. The number of halogens is 4. The van der Waals surface area contributed by atoms with Crippen molar-refractivity contribution in [3.8, 4) is 11.5 Å². The van der Waals surface area contributed by atoms with Gasteiger partial charge in [0, 0.05) is 5.56 Å². The second kappa shape index (κ2) is 3.95. The van der Waals surface area contributed by atoms with Crippen molar-refractivity contribution in [3.05, 3.63) is 39.3 Å². The lowest BCUT2D eigenvalue weighted by atomic mass is 10.1. The number of alkyl halides is 3. The fourth-order valence-corrected chi connectivity index (χ4v) is 1.60. The van der Waals surface area contributed by atoms with Gasteiger partial charge in [0.25, 0.3) is 0 Å². The van der Waals surface area contributed by atoms with Crippen molar-refractivity contribution < 1.29 is 22.0 Å². The van der Waals surface area contributed by atoms with Crippen LogP contribution in [0.2, 0.25) is 0 Å². The molecule has 2 aromatic rings. The van der Waals surface area contributed by atoms with Crippen LogP contribution in [0.4, 0.5) is 17.6 Å². The molecule has 0 aliphatic carbocycles. The van der Waals surface area contributed by atoms with Gasteiger partial charge in [-0.3, -0.25) is 0 Å². The van der Waals surface area contributed by atoms with E-state index in [-0.39, 0.29) is 11.5 Å². The second-order valence-electron chi connectivity index (χ2n) is 3.03. The Morgan fingerprint density at radius 2 is 2.00 bits per heavy atom. The summed E-state index contributed by atoms with van der Waals surface area (Å²) >= 11 is 0.498. The highest BCUT2D eigenvalue weighted by Crippen LogP contribution is 2.33. The Hall–Kier alpha value is -1.70. The second-order valence-corrected chi connectivity index (χ2v) is 3.73. The molecule has 0 N–H and O–H groups in total. The summed E-state index contributed by atoms with van der Waals surface area (Å²) in [5, 5.41) is 0. The Morgan fingerprint density at radius 1 is 1.29 bits per heavy atom. The average molecular weight is 265 g/mol. The van der Waals surface area contributed by atoms with Gasteiger partial charge in [-0.1, -0.05) is 0 Å². The van der Waals surface area contributed by atoms with Gasteiger partial charge in [-0.2, -0.15) is 13.2 Å². The summed E-state index contributed by atoms with van der Waals surface area (Å²) in [6.07, 6.45) is -4.76. The van der Waals surface area contributed by atoms with Crippen LogP contribution in [0, 0.1) is 5.82 Å². The minimum atomic E-state index is -4.76. The zero-order chi connectivity index (χ0) is 12.6. The molecule has 0 bridgehead atoms. The molecule has 0 amide bonds. The van der Waals surface area contributed by atoms with Crippen molar-refractivity contribution in [2.24, 2.45) is 0 Å². The largest absolute Gasteiger partial charge is 0.419 e. The fourth-order valence-electron chi connectivity index (χ4n) is 1.18. The Labute approximate surface area is 95.5 Å². The molecule has 90 valence electrons. The Balaban J connectivity index is 2.48. The van der Waals surface area contributed by atoms with Crippen LogP contribution >= 0.6 is 11.5 Å². The zero-order valence-corrected chi connectivity index (χ0v) is 8.73. The van der Waals surface area contributed by atoms with E-state index >= 15 is 0 Å². The van der Waals surface area contributed by atoms with Crippen molar-refractivity contribution in [3.63, 3.8) is 0 Å². The molecule has 0 saturated heterocycles. The van der Waals surface area contributed by atoms with E-state index in [9.17, 15) is 22.4 Å². The van der Waals surface area contributed by atoms with Crippen LogP contribution in [-0.4, -0.2) is 4.37 Å². The SMILES string of the molecule is O=c1oc(-c2ccc(C(F)(F)F)c(F)c2)ns1. The first-order chi connectivity index (χ1) is 7.88. The maximum Gasteiger partial charge on any atom is 0.419 e. The van der Waals surface area contributed by atoms with Gasteiger partial charge in [0.05, 0.1) is 17.1 Å². The van der Waals surface area contributed by atoms with E-state index in [4.69, 9.17) is 0 Å². The highest BCUT2D eigenvalue weighted by Gasteiger charge is 2.34. The summed E-state index contributed by atoms with van der Waals surface area (Å²) in [5.41, 5.74) is -1.40. The van der Waals surface area contributed by atoms with Gasteiger partial charge in [-0.15, -0.1) is 4.37 Å². The van der Waals surface area contributed by atoms with Gasteiger partial charge < -0.3 is 4.42 Å². The van der Waals surface area contributed by atoms with Crippen molar-refractivity contribution in [1.29, 1.82) is 0 Å². The van der Waals surface area contributed by atoms with E-state index in [1.54, 1.807) is 0 Å². The van der Waals surface area contributed by atoms with E-state index in [0.717, 1.165) is 6.07 Å². The lowest BCUT2D eigenvalue weighted by Gasteiger charge is -2.07. The molecule has 0 aliphatic rings. The average Bonchev–Trinajstić information content (AvgIpc) is 2.62. The molecule has 0 atom stereocenters. The predicted octanol–water partition coefficient (Wildman–Crippen LogP) is 2.92. The standard InChI is InChI=1S/C9H3F4NO2S/c10-6-3-4(7-14-17-8(15)16-7)1-2-5(6)9(11,12)13/h1-3H. The molecule has 2 rings (SSSR count). The third-order valence-corrected chi connectivity index (χ3v) is 2.39. The Morgan fingerprint density at radius 3 is 2.47 bits per heavy atom. The van der Waals surface area contributed by atoms with Crippen molar-refractivity contribution in [2.75, 3.05) is 0 Å². The number of aromatic nitrogens is 1. The highest BCUT2D eigenvalue weighted by atomic mass is 32.1. The quantitative estimate of drug-likeness (QED) is 0.744. The number of rotatable bonds is 1. The lowest BCUT2D eigenvalue weighted by Crippen LogP contribution is -2.07. The molecule has 0 aliphatic heterocycles. The molecule has 17 heavy (non-hydrogen) atoms. The fraction of sp³-hybridized carbons (Fsp3) is 0.111. The zero-order valence-electron chi connectivity index (χ0n) is 7.92. The molecule has 8 heteroatoms. The number of nitrogens with zero attached hydrogens (tertiary/aromatic N) is 1. The molecule has 1 aromatic carbocycles. The predicted molar refractivity (Wildman–Crippen MR) is 51.0 cm³/mol. The van der Waals surface area contributed by atoms with Crippen LogP contribution in [0.1, 0.15) is 5.56 Å². The van der Waals surface area contributed by atoms with Crippen LogP contribution in [-0.2, 0) is 6.18 Å². The highest BCUT2D eigenvalue weighted by molar-refractivity contribution is 7.02. The number of hydrogen-bond donors (Lipinski definition) is 0. The lowest BCUT2D eigenvalue weighted by molar-refractivity contribution is -0.139. The summed E-state index contributed by atoms with van der Waals surface area (Å²) in [5.74, 6) is -1.64. The summed E-state index contributed by atoms with van der Waals surface area (Å²) in [6, 6.07) is 2.19. The molecule has 1 aromatic heterocycles. The van der Waals surface area contributed by atoms with E-state index in [1.807, 2.05) is 0 Å². The van der Waals surface area contributed by atoms with Crippen molar-refractivity contribution in [2.45, 2.75) is 6.18 Å². The maximum atomic E-state index is 13.2. The van der Waals surface area contributed by atoms with Crippen LogP contribution in [0.5, 0.6) is 0 Å². The maximum absolute atomic E-state index is 13.2. The molecular weight excluding hydrogens is 262 g/mol. The third-order valence-electron chi connectivity index (χ3n) is 1.90. The molecule has 0 fully saturated rings. The van der Waals surface area contributed by atoms with E-state index in [2.05, 4.69) is 8.79 Å². The topological polar surface area (TPSA) is 43.1 Å². The Kier molecular flexibility index (Phi) is 2.74. The first-order valence-corrected chi connectivity index (χ1v) is 4.99. The number of hydrogen-bond acceptors (Lipinski definition) is 4. The third kappa shape index (κ3) is 2.36. The van der Waals surface area contributed by atoms with Gasteiger partial charge in [-0.25, -0.2) is 9.18 Å². The summed E-state index contributed by atoms with van der Waals surface area (Å²) in [4.78, 5) is 9.98. The molecular formula is C9H3F4NO2S. The van der Waals surface area contributed by atoms with Gasteiger partial charge in [0.2, 0.25) is 5.89 Å². The molecule has 0 unspecified atom stereocenters. The van der Waals surface area contributed by atoms with Gasteiger partial charge >= 0.3 is 11.1 Å². The molecule has 0 spiro atoms. The van der Waals surface area contributed by atoms with Crippen molar-refractivity contribution >= 4 is 11.5 Å². The van der Waals surface area contributed by atoms with Crippen molar-refractivity contribution in [1.82, 2.24) is 4.37 Å². The van der Waals surface area contributed by atoms with E-state index in [0.29, 0.717) is 23.7 Å². The first-order valence-electron chi connectivity index (χ1n) is 4.22. The van der Waals surface area contributed by atoms with Crippen LogP contribution in [0.15, 0.2) is 27.4 Å². The van der Waals surface area contributed by atoms with Gasteiger partial charge in [0.15, 0.2) is 0 Å². The van der Waals surface area contributed by atoms with Gasteiger partial charge in [0.1, 0.15) is 5.82 Å². The molecule has 1 heterocycles. The number of benzene rings is 1. The minimum absolute atomic E-state index is 0.0196. The molecule has 0 saturated carbocycles. The summed E-state index contributed by atoms with van der Waals surface area (Å²) in [6.45, 7) is 0. The molecule has 3 nitrogen and oxygen atoms in total. The van der Waals surface area contributed by atoms with Crippen LogP contribution in [0.25, 0.3) is 11.5 Å². The minimum Gasteiger partial charge on any atom is -0.394 e. The normalized spacial score (nSPS) is 11.8. The van der Waals surface area contributed by atoms with E-state index < -0.39 is 22.5 Å². The van der Waals surface area contributed by atoms with Crippen LogP contribution in [0.3, 0.4) is 0 Å². The monoisotopic (exact) mass is 265 g/mol. The first kappa shape index (κ1) is 11.8.